The van der Waals surface area contributed by atoms with Gasteiger partial charge >= 0.3 is 5.69 Å². The molecule has 2 aromatic carbocycles. The van der Waals surface area contributed by atoms with Crippen molar-refractivity contribution in [2.45, 2.75) is 13.8 Å². The number of likely N-dealkylation sites (N-methyl/N-ethyl adjacent to an activating group) is 1. The minimum Gasteiger partial charge on any atom is -0.477 e. The van der Waals surface area contributed by atoms with Gasteiger partial charge in [-0.1, -0.05) is 18.2 Å². The Morgan fingerprint density at radius 2 is 1.86 bits per heavy atom. The minimum atomic E-state index is -0.735. The molecular weight excluding hydrogens is 369 g/mol. The number of hydrogen-bond acceptors (Lipinski definition) is 5. The highest BCUT2D eigenvalue weighted by molar-refractivity contribution is 5.95. The Morgan fingerprint density at radius 1 is 1.21 bits per heavy atom. The summed E-state index contributed by atoms with van der Waals surface area (Å²) in [5.74, 6) is -2.07. The van der Waals surface area contributed by atoms with Crippen molar-refractivity contribution in [2.75, 3.05) is 25.5 Å². The predicted molar refractivity (Wildman–Crippen MR) is 101 cm³/mol. The zero-order valence-corrected chi connectivity index (χ0v) is 15.7. The lowest BCUT2D eigenvalue weighted by atomic mass is 10.1. The molecule has 0 bridgehead atoms. The van der Waals surface area contributed by atoms with Crippen LogP contribution in [0, 0.1) is 29.8 Å². The molecule has 0 heterocycles. The van der Waals surface area contributed by atoms with Crippen molar-refractivity contribution >= 4 is 23.2 Å². The van der Waals surface area contributed by atoms with Crippen LogP contribution < -0.4 is 10.1 Å². The lowest BCUT2D eigenvalue weighted by molar-refractivity contribution is -0.385. The molecule has 28 heavy (non-hydrogen) atoms. The van der Waals surface area contributed by atoms with Crippen molar-refractivity contribution in [3.63, 3.8) is 0 Å². The number of benzene rings is 2. The predicted octanol–water partition coefficient (Wildman–Crippen LogP) is 2.83. The van der Waals surface area contributed by atoms with E-state index in [4.69, 9.17) is 4.74 Å². The van der Waals surface area contributed by atoms with Crippen LogP contribution in [-0.4, -0.2) is 41.8 Å². The van der Waals surface area contributed by atoms with Crippen molar-refractivity contribution in [3.05, 3.63) is 63.5 Å². The number of rotatable bonds is 7. The summed E-state index contributed by atoms with van der Waals surface area (Å²) in [5, 5.41) is 13.7. The Balaban J connectivity index is 1.95. The highest BCUT2D eigenvalue weighted by Crippen LogP contribution is 2.27. The third-order valence-electron chi connectivity index (χ3n) is 4.02. The Morgan fingerprint density at radius 3 is 2.46 bits per heavy atom. The molecule has 0 spiro atoms. The Kier molecular flexibility index (Phi) is 6.64. The molecular formula is C19H20FN3O5. The number of halogens is 1. The van der Waals surface area contributed by atoms with E-state index in [9.17, 15) is 24.1 Å². The molecule has 2 amide bonds. The van der Waals surface area contributed by atoms with Crippen molar-refractivity contribution in [1.29, 1.82) is 0 Å². The molecule has 0 aliphatic heterocycles. The van der Waals surface area contributed by atoms with Crippen LogP contribution in [0.25, 0.3) is 0 Å². The Hall–Kier alpha value is -3.49. The molecule has 0 atom stereocenters. The van der Waals surface area contributed by atoms with Gasteiger partial charge in [-0.2, -0.15) is 0 Å². The van der Waals surface area contributed by atoms with Gasteiger partial charge in [-0.05, 0) is 31.0 Å². The SMILES string of the molecule is Cc1cccc(C)c1NC(=O)CN(C)C(=O)COc1cc(F)ccc1[N+](=O)[O-]. The Labute approximate surface area is 161 Å². The molecule has 0 aliphatic carbocycles. The third kappa shape index (κ3) is 5.26. The number of anilines is 1. The lowest BCUT2D eigenvalue weighted by Gasteiger charge is -2.18. The lowest BCUT2D eigenvalue weighted by Crippen LogP contribution is -2.37. The number of carbonyl (C=O) groups is 2. The fraction of sp³-hybridized carbons (Fsp3) is 0.263. The molecule has 0 aliphatic rings. The van der Waals surface area contributed by atoms with Crippen LogP contribution in [0.4, 0.5) is 15.8 Å². The maximum Gasteiger partial charge on any atom is 0.311 e. The van der Waals surface area contributed by atoms with Crippen molar-refractivity contribution < 1.29 is 23.6 Å². The van der Waals surface area contributed by atoms with Crippen molar-refractivity contribution in [1.82, 2.24) is 4.90 Å². The number of nitrogens with zero attached hydrogens (tertiary/aromatic N) is 2. The fourth-order valence-electron chi connectivity index (χ4n) is 2.50. The van der Waals surface area contributed by atoms with E-state index in [-0.39, 0.29) is 12.3 Å². The molecule has 1 N–H and O–H groups in total. The van der Waals surface area contributed by atoms with E-state index in [1.807, 2.05) is 32.0 Å². The second-order valence-corrected chi connectivity index (χ2v) is 6.22. The fourth-order valence-corrected chi connectivity index (χ4v) is 2.50. The number of amides is 2. The standard InChI is InChI=1S/C19H20FN3O5/c1-12-5-4-6-13(2)19(12)21-17(24)10-22(3)18(25)11-28-16-9-14(20)7-8-15(16)23(26)27/h4-9H,10-11H2,1-3H3,(H,21,24). The van der Waals surface area contributed by atoms with E-state index in [1.165, 1.54) is 7.05 Å². The second-order valence-electron chi connectivity index (χ2n) is 6.22. The molecule has 148 valence electrons. The maximum atomic E-state index is 13.3. The highest BCUT2D eigenvalue weighted by atomic mass is 19.1. The first kappa shape index (κ1) is 20.8. The van der Waals surface area contributed by atoms with Gasteiger partial charge in [-0.3, -0.25) is 19.7 Å². The molecule has 9 heteroatoms. The number of hydrogen-bond donors (Lipinski definition) is 1. The number of nitrogens with one attached hydrogen (secondary N) is 1. The molecule has 2 aromatic rings. The molecule has 0 radical (unpaired) electrons. The molecule has 0 unspecified atom stereocenters. The van der Waals surface area contributed by atoms with Gasteiger partial charge in [-0.15, -0.1) is 0 Å². The smallest absolute Gasteiger partial charge is 0.311 e. The summed E-state index contributed by atoms with van der Waals surface area (Å²) in [5.41, 5.74) is 2.01. The van der Waals surface area contributed by atoms with Gasteiger partial charge in [0.2, 0.25) is 11.7 Å². The van der Waals surface area contributed by atoms with Crippen LogP contribution in [0.3, 0.4) is 0 Å². The molecule has 0 fully saturated rings. The first-order valence-corrected chi connectivity index (χ1v) is 8.35. The number of carbonyl (C=O) groups excluding carboxylic acids is 2. The first-order valence-electron chi connectivity index (χ1n) is 8.35. The first-order chi connectivity index (χ1) is 13.2. The van der Waals surface area contributed by atoms with Gasteiger partial charge in [0.05, 0.1) is 11.5 Å². The van der Waals surface area contributed by atoms with E-state index >= 15 is 0 Å². The summed E-state index contributed by atoms with van der Waals surface area (Å²) < 4.78 is 18.4. The van der Waals surface area contributed by atoms with Gasteiger partial charge in [0.25, 0.3) is 5.91 Å². The quantitative estimate of drug-likeness (QED) is 0.580. The Bertz CT molecular complexity index is 896. The van der Waals surface area contributed by atoms with Gasteiger partial charge < -0.3 is 15.0 Å². The number of nitro groups is 1. The van der Waals surface area contributed by atoms with E-state index in [0.717, 1.165) is 34.2 Å². The van der Waals surface area contributed by atoms with E-state index in [2.05, 4.69) is 5.32 Å². The van der Waals surface area contributed by atoms with Crippen LogP contribution >= 0.6 is 0 Å². The highest BCUT2D eigenvalue weighted by Gasteiger charge is 2.19. The molecule has 0 saturated heterocycles. The largest absolute Gasteiger partial charge is 0.477 e. The van der Waals surface area contributed by atoms with Gasteiger partial charge in [-0.25, -0.2) is 4.39 Å². The van der Waals surface area contributed by atoms with Crippen molar-refractivity contribution in [2.24, 2.45) is 0 Å². The molecule has 0 aromatic heterocycles. The zero-order valence-electron chi connectivity index (χ0n) is 15.7. The van der Waals surface area contributed by atoms with E-state index in [1.54, 1.807) is 0 Å². The van der Waals surface area contributed by atoms with E-state index in [0.29, 0.717) is 5.69 Å². The third-order valence-corrected chi connectivity index (χ3v) is 4.02. The summed E-state index contributed by atoms with van der Waals surface area (Å²) in [4.78, 5) is 35.7. The summed E-state index contributed by atoms with van der Waals surface area (Å²) in [6.07, 6.45) is 0. The summed E-state index contributed by atoms with van der Waals surface area (Å²) in [7, 11) is 1.40. The van der Waals surface area contributed by atoms with Crippen LogP contribution in [-0.2, 0) is 9.59 Å². The average Bonchev–Trinajstić information content (AvgIpc) is 2.62. The summed E-state index contributed by atoms with van der Waals surface area (Å²) in [6.45, 7) is 2.91. The van der Waals surface area contributed by atoms with Crippen LogP contribution in [0.5, 0.6) is 5.75 Å². The van der Waals surface area contributed by atoms with Gasteiger partial charge in [0.15, 0.2) is 6.61 Å². The number of ether oxygens (including phenoxy) is 1. The van der Waals surface area contributed by atoms with Crippen LogP contribution in [0.1, 0.15) is 11.1 Å². The number of aryl methyl sites for hydroxylation is 2. The summed E-state index contributed by atoms with van der Waals surface area (Å²) >= 11 is 0. The minimum absolute atomic E-state index is 0.235. The van der Waals surface area contributed by atoms with Crippen LogP contribution in [0.15, 0.2) is 36.4 Å². The second kappa shape index (κ2) is 8.94. The monoisotopic (exact) mass is 389 g/mol. The molecule has 2 rings (SSSR count). The molecule has 8 nitrogen and oxygen atoms in total. The van der Waals surface area contributed by atoms with E-state index < -0.39 is 34.8 Å². The number of para-hydroxylation sites is 1. The zero-order chi connectivity index (χ0) is 20.8. The number of nitro benzene ring substituents is 1. The normalized spacial score (nSPS) is 10.3. The van der Waals surface area contributed by atoms with Crippen LogP contribution in [0.2, 0.25) is 0 Å². The van der Waals surface area contributed by atoms with Gasteiger partial charge in [0.1, 0.15) is 5.82 Å². The van der Waals surface area contributed by atoms with Crippen molar-refractivity contribution in [3.8, 4) is 5.75 Å². The maximum absolute atomic E-state index is 13.3. The summed E-state index contributed by atoms with van der Waals surface area (Å²) in [6, 6.07) is 8.31. The topological polar surface area (TPSA) is 102 Å². The average molecular weight is 389 g/mol. The molecule has 0 saturated carbocycles. The van der Waals surface area contributed by atoms with Gasteiger partial charge in [0, 0.05) is 24.9 Å².